The zero-order chi connectivity index (χ0) is 13.3. The molecule has 0 aliphatic heterocycles. The lowest BCUT2D eigenvalue weighted by molar-refractivity contribution is 0.584. The molecule has 1 aromatic carbocycles. The number of aryl methyl sites for hydroxylation is 2. The number of hydrogen-bond acceptors (Lipinski definition) is 1. The zero-order valence-electron chi connectivity index (χ0n) is 10.1. The van der Waals surface area contributed by atoms with E-state index in [0.29, 0.717) is 12.0 Å². The van der Waals surface area contributed by atoms with Gasteiger partial charge in [0.05, 0.1) is 11.3 Å². The average molecular weight is 251 g/mol. The summed E-state index contributed by atoms with van der Waals surface area (Å²) in [7, 11) is 0. The SMILES string of the molecule is CCc1cc(F)c(-c2cnc(C)c(F)c2)c(F)c1. The topological polar surface area (TPSA) is 12.9 Å². The summed E-state index contributed by atoms with van der Waals surface area (Å²) in [4.78, 5) is 3.77. The van der Waals surface area contributed by atoms with Crippen LogP contribution in [-0.4, -0.2) is 4.98 Å². The lowest BCUT2D eigenvalue weighted by Gasteiger charge is -2.08. The molecule has 4 heteroatoms. The maximum absolute atomic E-state index is 13.8. The predicted molar refractivity (Wildman–Crippen MR) is 63.7 cm³/mol. The van der Waals surface area contributed by atoms with Gasteiger partial charge < -0.3 is 0 Å². The molecule has 0 aliphatic carbocycles. The van der Waals surface area contributed by atoms with Crippen molar-refractivity contribution in [3.63, 3.8) is 0 Å². The van der Waals surface area contributed by atoms with Crippen LogP contribution in [0, 0.1) is 24.4 Å². The van der Waals surface area contributed by atoms with E-state index in [9.17, 15) is 13.2 Å². The molecule has 0 saturated heterocycles. The molecule has 1 nitrogen and oxygen atoms in total. The molecule has 0 saturated carbocycles. The number of pyridine rings is 1. The number of rotatable bonds is 2. The quantitative estimate of drug-likeness (QED) is 0.785. The second-order valence-corrected chi connectivity index (χ2v) is 4.08. The standard InChI is InChI=1S/C14H12F3N/c1-3-9-4-12(16)14(13(17)5-9)10-6-11(15)8(2)18-7-10/h4-7H,3H2,1-2H3. The van der Waals surface area contributed by atoms with Crippen LogP contribution in [0.5, 0.6) is 0 Å². The Kier molecular flexibility index (Phi) is 3.36. The average Bonchev–Trinajstić information content (AvgIpc) is 2.32. The molecule has 0 aliphatic rings. The number of benzene rings is 1. The number of halogens is 3. The molecular formula is C14H12F3N. The third-order valence-electron chi connectivity index (χ3n) is 2.82. The Bertz CT molecular complexity index is 571. The first kappa shape index (κ1) is 12.6. The van der Waals surface area contributed by atoms with E-state index in [0.717, 1.165) is 6.07 Å². The molecule has 1 heterocycles. The second-order valence-electron chi connectivity index (χ2n) is 4.08. The first-order chi connectivity index (χ1) is 8.52. The Morgan fingerprint density at radius 2 is 1.61 bits per heavy atom. The van der Waals surface area contributed by atoms with Crippen LogP contribution in [0.3, 0.4) is 0 Å². The molecule has 94 valence electrons. The van der Waals surface area contributed by atoms with Crippen LogP contribution in [0.1, 0.15) is 18.2 Å². The van der Waals surface area contributed by atoms with Crippen LogP contribution in [0.25, 0.3) is 11.1 Å². The van der Waals surface area contributed by atoms with Crippen molar-refractivity contribution in [1.82, 2.24) is 4.98 Å². The third kappa shape index (κ3) is 2.23. The van der Waals surface area contributed by atoms with E-state index in [4.69, 9.17) is 0 Å². The van der Waals surface area contributed by atoms with Crippen molar-refractivity contribution in [3.05, 3.63) is 53.1 Å². The Morgan fingerprint density at radius 1 is 1.00 bits per heavy atom. The molecule has 0 fully saturated rings. The van der Waals surface area contributed by atoms with Crippen molar-refractivity contribution in [2.24, 2.45) is 0 Å². The monoisotopic (exact) mass is 251 g/mol. The van der Waals surface area contributed by atoms with Gasteiger partial charge in [-0.05, 0) is 37.1 Å². The van der Waals surface area contributed by atoms with Crippen LogP contribution in [0.15, 0.2) is 24.4 Å². The number of aromatic nitrogens is 1. The smallest absolute Gasteiger partial charge is 0.145 e. The molecule has 0 unspecified atom stereocenters. The molecule has 0 radical (unpaired) electrons. The molecule has 18 heavy (non-hydrogen) atoms. The summed E-state index contributed by atoms with van der Waals surface area (Å²) in [5.74, 6) is -1.97. The van der Waals surface area contributed by atoms with E-state index >= 15 is 0 Å². The summed E-state index contributed by atoms with van der Waals surface area (Å²) in [5, 5.41) is 0. The number of hydrogen-bond donors (Lipinski definition) is 0. The highest BCUT2D eigenvalue weighted by atomic mass is 19.1. The van der Waals surface area contributed by atoms with Crippen molar-refractivity contribution in [3.8, 4) is 11.1 Å². The largest absolute Gasteiger partial charge is 0.258 e. The molecule has 2 aromatic rings. The minimum absolute atomic E-state index is 0.107. The van der Waals surface area contributed by atoms with E-state index in [1.54, 1.807) is 6.92 Å². The van der Waals surface area contributed by atoms with Gasteiger partial charge in [-0.25, -0.2) is 13.2 Å². The van der Waals surface area contributed by atoms with E-state index in [1.807, 2.05) is 0 Å². The van der Waals surface area contributed by atoms with Crippen LogP contribution >= 0.6 is 0 Å². The lowest BCUT2D eigenvalue weighted by atomic mass is 10.0. The van der Waals surface area contributed by atoms with Crippen molar-refractivity contribution in [1.29, 1.82) is 0 Å². The van der Waals surface area contributed by atoms with Crippen molar-refractivity contribution >= 4 is 0 Å². The van der Waals surface area contributed by atoms with Gasteiger partial charge in [0.2, 0.25) is 0 Å². The molecule has 0 N–H and O–H groups in total. The summed E-state index contributed by atoms with van der Waals surface area (Å²) in [5.41, 5.74) is 0.633. The molecule has 1 aromatic heterocycles. The Balaban J connectivity index is 2.60. The highest BCUT2D eigenvalue weighted by molar-refractivity contribution is 5.64. The minimum Gasteiger partial charge on any atom is -0.258 e. The summed E-state index contributed by atoms with van der Waals surface area (Å²) in [6, 6.07) is 3.61. The lowest BCUT2D eigenvalue weighted by Crippen LogP contribution is -1.96. The highest BCUT2D eigenvalue weighted by Gasteiger charge is 2.14. The predicted octanol–water partition coefficient (Wildman–Crippen LogP) is 4.04. The Hall–Kier alpha value is -1.84. The van der Waals surface area contributed by atoms with Crippen LogP contribution in [0.4, 0.5) is 13.2 Å². The normalized spacial score (nSPS) is 10.7. The van der Waals surface area contributed by atoms with E-state index in [1.165, 1.54) is 25.3 Å². The molecule has 0 bridgehead atoms. The van der Waals surface area contributed by atoms with Gasteiger partial charge in [0, 0.05) is 11.8 Å². The maximum atomic E-state index is 13.8. The van der Waals surface area contributed by atoms with Gasteiger partial charge in [0.15, 0.2) is 0 Å². The van der Waals surface area contributed by atoms with Gasteiger partial charge in [-0.15, -0.1) is 0 Å². The van der Waals surface area contributed by atoms with E-state index < -0.39 is 17.5 Å². The fraction of sp³-hybridized carbons (Fsp3) is 0.214. The Labute approximate surface area is 103 Å². The molecule has 0 spiro atoms. The summed E-state index contributed by atoms with van der Waals surface area (Å²) in [6.07, 6.45) is 1.81. The third-order valence-corrected chi connectivity index (χ3v) is 2.82. The van der Waals surface area contributed by atoms with E-state index in [-0.39, 0.29) is 16.8 Å². The van der Waals surface area contributed by atoms with Gasteiger partial charge in [-0.2, -0.15) is 0 Å². The summed E-state index contributed by atoms with van der Waals surface area (Å²) >= 11 is 0. The Morgan fingerprint density at radius 3 is 2.11 bits per heavy atom. The first-order valence-corrected chi connectivity index (χ1v) is 5.63. The van der Waals surface area contributed by atoms with Crippen LogP contribution < -0.4 is 0 Å². The maximum Gasteiger partial charge on any atom is 0.145 e. The van der Waals surface area contributed by atoms with Gasteiger partial charge in [0.1, 0.15) is 17.5 Å². The summed E-state index contributed by atoms with van der Waals surface area (Å²) < 4.78 is 41.0. The highest BCUT2D eigenvalue weighted by Crippen LogP contribution is 2.27. The fourth-order valence-electron chi connectivity index (χ4n) is 1.75. The van der Waals surface area contributed by atoms with Crippen molar-refractivity contribution < 1.29 is 13.2 Å². The summed E-state index contributed by atoms with van der Waals surface area (Å²) in [6.45, 7) is 3.30. The number of nitrogens with zero attached hydrogens (tertiary/aromatic N) is 1. The van der Waals surface area contributed by atoms with Crippen LogP contribution in [0.2, 0.25) is 0 Å². The zero-order valence-corrected chi connectivity index (χ0v) is 10.1. The minimum atomic E-state index is -0.697. The second kappa shape index (κ2) is 4.80. The van der Waals surface area contributed by atoms with Crippen LogP contribution in [-0.2, 0) is 6.42 Å². The molecule has 0 atom stereocenters. The van der Waals surface area contributed by atoms with Crippen molar-refractivity contribution in [2.75, 3.05) is 0 Å². The van der Waals surface area contributed by atoms with Gasteiger partial charge in [-0.1, -0.05) is 6.92 Å². The molecular weight excluding hydrogens is 239 g/mol. The molecule has 0 amide bonds. The van der Waals surface area contributed by atoms with E-state index in [2.05, 4.69) is 4.98 Å². The van der Waals surface area contributed by atoms with Crippen molar-refractivity contribution in [2.45, 2.75) is 20.3 Å². The van der Waals surface area contributed by atoms with Gasteiger partial charge in [-0.3, -0.25) is 4.98 Å². The van der Waals surface area contributed by atoms with Gasteiger partial charge >= 0.3 is 0 Å². The first-order valence-electron chi connectivity index (χ1n) is 5.63. The van der Waals surface area contributed by atoms with Gasteiger partial charge in [0.25, 0.3) is 0 Å². The fourth-order valence-corrected chi connectivity index (χ4v) is 1.75. The molecule has 2 rings (SSSR count).